The monoisotopic (exact) mass is 303 g/mol. The van der Waals surface area contributed by atoms with Gasteiger partial charge in [-0.3, -0.25) is 4.98 Å². The number of halogens is 3. The highest BCUT2D eigenvalue weighted by Gasteiger charge is 2.29. The van der Waals surface area contributed by atoms with E-state index in [4.69, 9.17) is 0 Å². The highest BCUT2D eigenvalue weighted by Crippen LogP contribution is 2.29. The Labute approximate surface area is 124 Å². The van der Waals surface area contributed by atoms with E-state index in [1.54, 1.807) is 23.1 Å². The molecule has 7 heteroatoms. The summed E-state index contributed by atoms with van der Waals surface area (Å²) in [5.74, 6) is 0. The molecule has 111 valence electrons. The average Bonchev–Trinajstić information content (AvgIpc) is 2.96. The number of rotatable bonds is 3. The van der Waals surface area contributed by atoms with Crippen molar-refractivity contribution in [2.75, 3.05) is 0 Å². The molecular formula is C15H10F3N4. The van der Waals surface area contributed by atoms with E-state index in [0.717, 1.165) is 17.7 Å². The molecule has 0 aliphatic carbocycles. The number of alkyl halides is 3. The van der Waals surface area contributed by atoms with Gasteiger partial charge in [0.05, 0.1) is 12.1 Å². The minimum absolute atomic E-state index is 0.304. The summed E-state index contributed by atoms with van der Waals surface area (Å²) in [5, 5.41) is 7.65. The average molecular weight is 303 g/mol. The zero-order valence-corrected chi connectivity index (χ0v) is 11.2. The number of pyridine rings is 1. The molecule has 2 heterocycles. The lowest BCUT2D eigenvalue weighted by Crippen LogP contribution is -2.07. The molecule has 0 saturated carbocycles. The SMILES string of the molecule is FC(F)(F)c1ccc(Cn2nn[c]c2-c2cccnc2)cc1. The van der Waals surface area contributed by atoms with Crippen LogP contribution in [-0.4, -0.2) is 20.0 Å². The first kappa shape index (κ1) is 14.2. The van der Waals surface area contributed by atoms with Crippen molar-refractivity contribution in [3.05, 3.63) is 66.1 Å². The van der Waals surface area contributed by atoms with Crippen LogP contribution in [-0.2, 0) is 12.7 Å². The van der Waals surface area contributed by atoms with E-state index >= 15 is 0 Å². The summed E-state index contributed by atoms with van der Waals surface area (Å²) in [5.41, 5.74) is 1.44. The van der Waals surface area contributed by atoms with E-state index in [2.05, 4.69) is 21.5 Å². The molecule has 0 saturated heterocycles. The van der Waals surface area contributed by atoms with Crippen molar-refractivity contribution in [2.24, 2.45) is 0 Å². The number of nitrogens with zero attached hydrogens (tertiary/aromatic N) is 4. The predicted octanol–water partition coefficient (Wildman–Crippen LogP) is 3.21. The van der Waals surface area contributed by atoms with Crippen LogP contribution in [0.15, 0.2) is 48.8 Å². The fourth-order valence-electron chi connectivity index (χ4n) is 2.03. The van der Waals surface area contributed by atoms with E-state index in [1.807, 2.05) is 6.07 Å². The molecule has 0 unspecified atom stereocenters. The smallest absolute Gasteiger partial charge is 0.264 e. The van der Waals surface area contributed by atoms with Crippen molar-refractivity contribution in [1.82, 2.24) is 20.0 Å². The third-order valence-corrected chi connectivity index (χ3v) is 3.12. The maximum Gasteiger partial charge on any atom is 0.416 e. The lowest BCUT2D eigenvalue weighted by Gasteiger charge is -2.09. The quantitative estimate of drug-likeness (QED) is 0.746. The zero-order valence-electron chi connectivity index (χ0n) is 11.2. The van der Waals surface area contributed by atoms with Crippen molar-refractivity contribution in [3.63, 3.8) is 0 Å². The molecule has 0 atom stereocenters. The molecular weight excluding hydrogens is 293 g/mol. The first-order chi connectivity index (χ1) is 10.5. The topological polar surface area (TPSA) is 43.6 Å². The van der Waals surface area contributed by atoms with Crippen LogP contribution in [0.4, 0.5) is 13.2 Å². The number of hydrogen-bond donors (Lipinski definition) is 0. The van der Waals surface area contributed by atoms with Crippen LogP contribution >= 0.6 is 0 Å². The Balaban J connectivity index is 1.84. The van der Waals surface area contributed by atoms with Crippen LogP contribution in [0.1, 0.15) is 11.1 Å². The van der Waals surface area contributed by atoms with E-state index in [0.29, 0.717) is 17.8 Å². The van der Waals surface area contributed by atoms with Crippen LogP contribution in [0.3, 0.4) is 0 Å². The molecule has 3 rings (SSSR count). The molecule has 0 fully saturated rings. The van der Waals surface area contributed by atoms with Crippen LogP contribution in [0.2, 0.25) is 0 Å². The Bertz CT molecular complexity index is 748. The van der Waals surface area contributed by atoms with Gasteiger partial charge in [-0.1, -0.05) is 17.3 Å². The maximum absolute atomic E-state index is 12.5. The summed E-state index contributed by atoms with van der Waals surface area (Å²) in [7, 11) is 0. The van der Waals surface area contributed by atoms with Gasteiger partial charge in [0.2, 0.25) is 0 Å². The largest absolute Gasteiger partial charge is 0.416 e. The standard InChI is InChI=1S/C15H10F3N4/c16-15(17,18)13-5-3-11(4-6-13)10-22-14(9-20-21-22)12-2-1-7-19-8-12/h1-8H,10H2. The molecule has 3 aromatic rings. The second kappa shape index (κ2) is 5.59. The van der Waals surface area contributed by atoms with E-state index in [9.17, 15) is 13.2 Å². The van der Waals surface area contributed by atoms with Gasteiger partial charge in [-0.15, -0.1) is 5.10 Å². The summed E-state index contributed by atoms with van der Waals surface area (Å²) in [4.78, 5) is 4.01. The Morgan fingerprint density at radius 3 is 2.50 bits per heavy atom. The highest BCUT2D eigenvalue weighted by molar-refractivity contribution is 5.56. The van der Waals surface area contributed by atoms with E-state index in [-0.39, 0.29) is 0 Å². The fraction of sp³-hybridized carbons (Fsp3) is 0.133. The van der Waals surface area contributed by atoms with Gasteiger partial charge in [-0.25, -0.2) is 4.68 Å². The predicted molar refractivity (Wildman–Crippen MR) is 72.6 cm³/mol. The number of aromatic nitrogens is 4. The highest BCUT2D eigenvalue weighted by atomic mass is 19.4. The summed E-state index contributed by atoms with van der Waals surface area (Å²) in [6.07, 6.45) is 1.72. The van der Waals surface area contributed by atoms with Crippen LogP contribution in [0.5, 0.6) is 0 Å². The van der Waals surface area contributed by atoms with Gasteiger partial charge in [0.1, 0.15) is 11.9 Å². The summed E-state index contributed by atoms with van der Waals surface area (Å²) >= 11 is 0. The minimum Gasteiger partial charge on any atom is -0.264 e. The first-order valence-electron chi connectivity index (χ1n) is 6.42. The van der Waals surface area contributed by atoms with Gasteiger partial charge < -0.3 is 0 Å². The normalized spacial score (nSPS) is 11.6. The lowest BCUT2D eigenvalue weighted by atomic mass is 10.1. The molecule has 22 heavy (non-hydrogen) atoms. The Morgan fingerprint density at radius 2 is 1.86 bits per heavy atom. The second-order valence-electron chi connectivity index (χ2n) is 4.64. The molecule has 1 aromatic carbocycles. The first-order valence-corrected chi connectivity index (χ1v) is 6.42. The molecule has 0 aliphatic heterocycles. The second-order valence-corrected chi connectivity index (χ2v) is 4.64. The zero-order chi connectivity index (χ0) is 15.6. The number of hydrogen-bond acceptors (Lipinski definition) is 3. The van der Waals surface area contributed by atoms with Crippen molar-refractivity contribution in [3.8, 4) is 11.3 Å². The van der Waals surface area contributed by atoms with Gasteiger partial charge in [-0.2, -0.15) is 13.2 Å². The van der Waals surface area contributed by atoms with Crippen molar-refractivity contribution in [1.29, 1.82) is 0 Å². The summed E-state index contributed by atoms with van der Waals surface area (Å²) < 4.78 is 39.2. The molecule has 0 bridgehead atoms. The maximum atomic E-state index is 12.5. The van der Waals surface area contributed by atoms with Gasteiger partial charge >= 0.3 is 6.18 Å². The molecule has 2 aromatic heterocycles. The molecule has 0 N–H and O–H groups in total. The fourth-order valence-corrected chi connectivity index (χ4v) is 2.03. The van der Waals surface area contributed by atoms with Crippen LogP contribution < -0.4 is 0 Å². The lowest BCUT2D eigenvalue weighted by molar-refractivity contribution is -0.137. The minimum atomic E-state index is -4.33. The molecule has 4 nitrogen and oxygen atoms in total. The summed E-state index contributed by atoms with van der Waals surface area (Å²) in [6.45, 7) is 0.304. The third kappa shape index (κ3) is 2.98. The van der Waals surface area contributed by atoms with Gasteiger partial charge in [0, 0.05) is 18.0 Å². The Hall–Kier alpha value is -2.70. The molecule has 0 aliphatic rings. The Morgan fingerprint density at radius 1 is 1.09 bits per heavy atom. The number of benzene rings is 1. The van der Waals surface area contributed by atoms with Crippen molar-refractivity contribution >= 4 is 0 Å². The van der Waals surface area contributed by atoms with E-state index < -0.39 is 11.7 Å². The van der Waals surface area contributed by atoms with E-state index in [1.165, 1.54) is 12.1 Å². The van der Waals surface area contributed by atoms with Gasteiger partial charge in [0.15, 0.2) is 0 Å². The third-order valence-electron chi connectivity index (χ3n) is 3.12. The van der Waals surface area contributed by atoms with Crippen molar-refractivity contribution < 1.29 is 13.2 Å². The Kier molecular flexibility index (Phi) is 3.62. The molecule has 0 amide bonds. The van der Waals surface area contributed by atoms with Gasteiger partial charge in [-0.05, 0) is 29.8 Å². The molecule has 1 radical (unpaired) electrons. The summed E-state index contributed by atoms with van der Waals surface area (Å²) in [6, 6.07) is 8.58. The van der Waals surface area contributed by atoms with Crippen LogP contribution in [0.25, 0.3) is 11.3 Å². The molecule has 0 spiro atoms. The van der Waals surface area contributed by atoms with Crippen LogP contribution in [0, 0.1) is 6.20 Å². The van der Waals surface area contributed by atoms with Crippen molar-refractivity contribution in [2.45, 2.75) is 12.7 Å². The van der Waals surface area contributed by atoms with Gasteiger partial charge in [0.25, 0.3) is 0 Å².